The largest absolute Gasteiger partial charge is 0.493 e. The van der Waals surface area contributed by atoms with Crippen LogP contribution in [0.3, 0.4) is 0 Å². The second-order valence-corrected chi connectivity index (χ2v) is 5.63. The summed E-state index contributed by atoms with van der Waals surface area (Å²) in [5.74, 6) is 0.208. The lowest BCUT2D eigenvalue weighted by Crippen LogP contribution is -2.49. The molecule has 0 aromatic heterocycles. The van der Waals surface area contributed by atoms with Gasteiger partial charge in [0.25, 0.3) is 5.91 Å². The van der Waals surface area contributed by atoms with Gasteiger partial charge in [-0.05, 0) is 20.0 Å². The van der Waals surface area contributed by atoms with Crippen LogP contribution in [0, 0.1) is 0 Å². The van der Waals surface area contributed by atoms with E-state index in [1.807, 2.05) is 14.0 Å². The molecule has 1 aromatic rings. The van der Waals surface area contributed by atoms with E-state index >= 15 is 0 Å². The van der Waals surface area contributed by atoms with Crippen LogP contribution < -0.4 is 15.8 Å². The maximum atomic E-state index is 12.4. The molecule has 1 amide bonds. The van der Waals surface area contributed by atoms with Crippen molar-refractivity contribution in [1.29, 1.82) is 0 Å². The number of halogens is 1. The number of carbonyl (C=O) groups excluding carboxylic acids is 1. The molecule has 0 bridgehead atoms. The fourth-order valence-corrected chi connectivity index (χ4v) is 2.44. The molecule has 1 aliphatic heterocycles. The zero-order chi connectivity index (χ0) is 16.1. The summed E-state index contributed by atoms with van der Waals surface area (Å²) < 4.78 is 10.9. The Morgan fingerprint density at radius 2 is 2.36 bits per heavy atom. The van der Waals surface area contributed by atoms with Crippen LogP contribution in [-0.2, 0) is 4.74 Å². The van der Waals surface area contributed by atoms with E-state index in [0.29, 0.717) is 41.8 Å². The van der Waals surface area contributed by atoms with Crippen molar-refractivity contribution in [3.05, 3.63) is 22.7 Å². The Bertz CT molecular complexity index is 539. The zero-order valence-corrected chi connectivity index (χ0v) is 13.7. The summed E-state index contributed by atoms with van der Waals surface area (Å²) in [6.45, 7) is 4.99. The Kier molecular flexibility index (Phi) is 5.88. The Morgan fingerprint density at radius 3 is 3.05 bits per heavy atom. The van der Waals surface area contributed by atoms with Crippen molar-refractivity contribution >= 4 is 23.2 Å². The van der Waals surface area contributed by atoms with Gasteiger partial charge in [-0.3, -0.25) is 9.69 Å². The second-order valence-electron chi connectivity index (χ2n) is 5.22. The predicted molar refractivity (Wildman–Crippen MR) is 86.6 cm³/mol. The van der Waals surface area contributed by atoms with E-state index in [-0.39, 0.29) is 11.9 Å². The summed E-state index contributed by atoms with van der Waals surface area (Å²) in [5.41, 5.74) is 6.54. The lowest BCUT2D eigenvalue weighted by molar-refractivity contribution is 0.00668. The number of morpholine rings is 1. The summed E-state index contributed by atoms with van der Waals surface area (Å²) in [7, 11) is 2.02. The van der Waals surface area contributed by atoms with Crippen LogP contribution >= 0.6 is 11.6 Å². The van der Waals surface area contributed by atoms with Crippen molar-refractivity contribution in [2.24, 2.45) is 0 Å². The first-order valence-electron chi connectivity index (χ1n) is 7.31. The van der Waals surface area contributed by atoms with E-state index < -0.39 is 0 Å². The summed E-state index contributed by atoms with van der Waals surface area (Å²) in [6, 6.07) is 3.28. The Labute approximate surface area is 135 Å². The Balaban J connectivity index is 2.06. The Morgan fingerprint density at radius 1 is 1.59 bits per heavy atom. The number of hydrogen-bond acceptors (Lipinski definition) is 5. The van der Waals surface area contributed by atoms with Gasteiger partial charge in [0, 0.05) is 19.2 Å². The van der Waals surface area contributed by atoms with E-state index in [0.717, 1.165) is 13.2 Å². The summed E-state index contributed by atoms with van der Waals surface area (Å²) in [4.78, 5) is 14.6. The molecular formula is C15H22ClN3O3. The van der Waals surface area contributed by atoms with Crippen LogP contribution in [0.25, 0.3) is 0 Å². The monoisotopic (exact) mass is 327 g/mol. The number of carbonyl (C=O) groups is 1. The number of nitrogens with one attached hydrogen (secondary N) is 1. The van der Waals surface area contributed by atoms with E-state index in [9.17, 15) is 4.79 Å². The summed E-state index contributed by atoms with van der Waals surface area (Å²) in [5, 5.41) is 3.24. The molecule has 0 spiro atoms. The highest BCUT2D eigenvalue weighted by Gasteiger charge is 2.21. The molecule has 3 N–H and O–H groups in total. The van der Waals surface area contributed by atoms with E-state index in [1.54, 1.807) is 6.07 Å². The molecule has 0 aliphatic carbocycles. The maximum absolute atomic E-state index is 12.4. The van der Waals surface area contributed by atoms with Crippen molar-refractivity contribution < 1.29 is 14.3 Å². The third kappa shape index (κ3) is 4.03. The number of likely N-dealkylation sites (N-methyl/N-ethyl adjacent to an activating group) is 1. The van der Waals surface area contributed by atoms with Crippen LogP contribution in [0.4, 0.5) is 5.69 Å². The SMILES string of the molecule is CCOc1cc(N)c(Cl)cc1C(=O)NCC1COCCN1C. The number of benzene rings is 1. The Hall–Kier alpha value is -1.50. The van der Waals surface area contributed by atoms with Crippen LogP contribution in [-0.4, -0.2) is 56.8 Å². The van der Waals surface area contributed by atoms with E-state index in [1.165, 1.54) is 6.07 Å². The predicted octanol–water partition coefficient (Wildman–Crippen LogP) is 1.38. The minimum atomic E-state index is -0.232. The molecule has 1 fully saturated rings. The molecule has 1 saturated heterocycles. The fraction of sp³-hybridized carbons (Fsp3) is 0.533. The first kappa shape index (κ1) is 16.9. The van der Waals surface area contributed by atoms with Gasteiger partial charge in [-0.25, -0.2) is 0 Å². The van der Waals surface area contributed by atoms with Gasteiger partial charge in [-0.2, -0.15) is 0 Å². The molecule has 0 saturated carbocycles. The van der Waals surface area contributed by atoms with Crippen molar-refractivity contribution in [3.8, 4) is 5.75 Å². The quantitative estimate of drug-likeness (QED) is 0.799. The minimum absolute atomic E-state index is 0.164. The van der Waals surface area contributed by atoms with Crippen LogP contribution in [0.5, 0.6) is 5.75 Å². The standard InChI is InChI=1S/C15H22ClN3O3/c1-3-22-14-7-13(17)12(16)6-11(14)15(20)18-8-10-9-21-5-4-19(10)2/h6-7,10H,3-5,8-9,17H2,1-2H3,(H,18,20). The number of nitrogen functional groups attached to an aromatic ring is 1. The summed E-state index contributed by atoms with van der Waals surface area (Å²) >= 11 is 6.01. The highest BCUT2D eigenvalue weighted by Crippen LogP contribution is 2.29. The third-order valence-electron chi connectivity index (χ3n) is 3.66. The normalized spacial score (nSPS) is 19.0. The molecule has 22 heavy (non-hydrogen) atoms. The molecule has 1 unspecified atom stereocenters. The average molecular weight is 328 g/mol. The van der Waals surface area contributed by atoms with Crippen LogP contribution in [0.2, 0.25) is 5.02 Å². The minimum Gasteiger partial charge on any atom is -0.493 e. The molecule has 1 aliphatic rings. The van der Waals surface area contributed by atoms with Crippen LogP contribution in [0.1, 0.15) is 17.3 Å². The molecule has 1 atom stereocenters. The zero-order valence-electron chi connectivity index (χ0n) is 12.9. The van der Waals surface area contributed by atoms with E-state index in [2.05, 4.69) is 10.2 Å². The van der Waals surface area contributed by atoms with Crippen molar-refractivity contribution in [1.82, 2.24) is 10.2 Å². The van der Waals surface area contributed by atoms with Crippen molar-refractivity contribution in [3.63, 3.8) is 0 Å². The molecule has 6 nitrogen and oxygen atoms in total. The number of ether oxygens (including phenoxy) is 2. The van der Waals surface area contributed by atoms with Gasteiger partial charge in [-0.15, -0.1) is 0 Å². The van der Waals surface area contributed by atoms with Gasteiger partial charge in [0.2, 0.25) is 0 Å². The average Bonchev–Trinajstić information content (AvgIpc) is 2.50. The molecule has 122 valence electrons. The number of rotatable bonds is 5. The molecule has 1 heterocycles. The number of anilines is 1. The van der Waals surface area contributed by atoms with E-state index in [4.69, 9.17) is 26.8 Å². The van der Waals surface area contributed by atoms with Crippen molar-refractivity contribution in [2.45, 2.75) is 13.0 Å². The first-order chi connectivity index (χ1) is 10.5. The van der Waals surface area contributed by atoms with Crippen molar-refractivity contribution in [2.75, 3.05) is 45.7 Å². The molecule has 7 heteroatoms. The van der Waals surface area contributed by atoms with Gasteiger partial charge in [-0.1, -0.05) is 11.6 Å². The summed E-state index contributed by atoms with van der Waals surface area (Å²) in [6.07, 6.45) is 0. The number of nitrogens with two attached hydrogens (primary N) is 1. The number of amides is 1. The van der Waals surface area contributed by atoms with Crippen LogP contribution in [0.15, 0.2) is 12.1 Å². The van der Waals surface area contributed by atoms with Gasteiger partial charge >= 0.3 is 0 Å². The third-order valence-corrected chi connectivity index (χ3v) is 3.99. The number of hydrogen-bond donors (Lipinski definition) is 2. The first-order valence-corrected chi connectivity index (χ1v) is 7.68. The highest BCUT2D eigenvalue weighted by atomic mass is 35.5. The van der Waals surface area contributed by atoms with Gasteiger partial charge in [0.1, 0.15) is 5.75 Å². The highest BCUT2D eigenvalue weighted by molar-refractivity contribution is 6.33. The fourth-order valence-electron chi connectivity index (χ4n) is 2.28. The lowest BCUT2D eigenvalue weighted by atomic mass is 10.1. The molecular weight excluding hydrogens is 306 g/mol. The molecule has 2 rings (SSSR count). The molecule has 1 aromatic carbocycles. The van der Waals surface area contributed by atoms with Gasteiger partial charge < -0.3 is 20.5 Å². The molecule has 0 radical (unpaired) electrons. The topological polar surface area (TPSA) is 76.8 Å². The smallest absolute Gasteiger partial charge is 0.255 e. The maximum Gasteiger partial charge on any atom is 0.255 e. The number of nitrogens with zero attached hydrogens (tertiary/aromatic N) is 1. The lowest BCUT2D eigenvalue weighted by Gasteiger charge is -2.32. The van der Waals surface area contributed by atoms with Gasteiger partial charge in [0.15, 0.2) is 0 Å². The van der Waals surface area contributed by atoms with Gasteiger partial charge in [0.05, 0.1) is 42.1 Å². The second kappa shape index (κ2) is 7.67.